The summed E-state index contributed by atoms with van der Waals surface area (Å²) < 4.78 is 35.5. The quantitative estimate of drug-likeness (QED) is 0.277. The summed E-state index contributed by atoms with van der Waals surface area (Å²) in [7, 11) is -3.87. The molecule has 1 heterocycles. The highest BCUT2D eigenvalue weighted by Gasteiger charge is 2.54. The second-order valence-corrected chi connectivity index (χ2v) is 5.04. The SMILES string of the molecule is O=C1OC(CO)(P(=O)=O)C(=O)OC(CO)C(=O)OC1CO. The molecule has 0 aromatic carbocycles. The Morgan fingerprint density at radius 3 is 1.90 bits per heavy atom. The van der Waals surface area contributed by atoms with E-state index in [-0.39, 0.29) is 0 Å². The first kappa shape index (κ1) is 17.2. The highest BCUT2D eigenvalue weighted by atomic mass is 31.1. The number of ether oxygens (including phenoxy) is 3. The molecule has 0 bridgehead atoms. The van der Waals surface area contributed by atoms with E-state index in [1.807, 2.05) is 0 Å². The van der Waals surface area contributed by atoms with Crippen molar-refractivity contribution in [1.82, 2.24) is 0 Å². The highest BCUT2D eigenvalue weighted by molar-refractivity contribution is 7.34. The van der Waals surface area contributed by atoms with Gasteiger partial charge >= 0.3 is 30.9 Å². The van der Waals surface area contributed by atoms with Crippen molar-refractivity contribution >= 4 is 25.6 Å². The topological polar surface area (TPSA) is 174 Å². The lowest BCUT2D eigenvalue weighted by atomic mass is 10.3. The monoisotopic (exact) mass is 326 g/mol. The summed E-state index contributed by atoms with van der Waals surface area (Å²) in [5.41, 5.74) is 0. The molecule has 1 aliphatic rings. The second-order valence-electron chi connectivity index (χ2n) is 3.81. The van der Waals surface area contributed by atoms with Crippen LogP contribution in [-0.2, 0) is 37.7 Å². The normalized spacial score (nSPS) is 30.3. The fourth-order valence-corrected chi connectivity index (χ4v) is 1.78. The van der Waals surface area contributed by atoms with Crippen LogP contribution < -0.4 is 0 Å². The van der Waals surface area contributed by atoms with E-state index in [0.29, 0.717) is 0 Å². The molecule has 11 nitrogen and oxygen atoms in total. The molecule has 0 aromatic rings. The molecule has 3 atom stereocenters. The van der Waals surface area contributed by atoms with E-state index in [2.05, 4.69) is 14.2 Å². The first-order valence-electron chi connectivity index (χ1n) is 5.44. The van der Waals surface area contributed by atoms with Gasteiger partial charge in [0, 0.05) is 0 Å². The molecular formula is C9H11O11P. The number of aliphatic hydroxyl groups is 3. The van der Waals surface area contributed by atoms with Gasteiger partial charge in [-0.2, -0.15) is 0 Å². The minimum atomic E-state index is -3.87. The molecule has 0 aromatic heterocycles. The first-order chi connectivity index (χ1) is 9.82. The van der Waals surface area contributed by atoms with Crippen LogP contribution in [0.1, 0.15) is 0 Å². The third-order valence-corrected chi connectivity index (χ3v) is 3.47. The van der Waals surface area contributed by atoms with Crippen molar-refractivity contribution in [2.75, 3.05) is 19.8 Å². The molecule has 12 heteroatoms. The van der Waals surface area contributed by atoms with Gasteiger partial charge in [-0.3, -0.25) is 0 Å². The molecule has 1 saturated heterocycles. The van der Waals surface area contributed by atoms with Crippen molar-refractivity contribution in [2.24, 2.45) is 0 Å². The Morgan fingerprint density at radius 1 is 0.952 bits per heavy atom. The van der Waals surface area contributed by atoms with E-state index in [1.165, 1.54) is 0 Å². The summed E-state index contributed by atoms with van der Waals surface area (Å²) >= 11 is 0. The van der Waals surface area contributed by atoms with E-state index >= 15 is 0 Å². The molecule has 1 rings (SSSR count). The summed E-state index contributed by atoms with van der Waals surface area (Å²) in [4.78, 5) is 34.8. The predicted molar refractivity (Wildman–Crippen MR) is 58.1 cm³/mol. The van der Waals surface area contributed by atoms with Gasteiger partial charge in [0.05, 0.1) is 13.2 Å². The number of hydrogen-bond acceptors (Lipinski definition) is 11. The zero-order chi connectivity index (χ0) is 16.2. The number of aliphatic hydroxyl groups excluding tert-OH is 3. The van der Waals surface area contributed by atoms with Crippen molar-refractivity contribution in [3.8, 4) is 0 Å². The van der Waals surface area contributed by atoms with Crippen LogP contribution >= 0.6 is 7.68 Å². The second kappa shape index (κ2) is 6.76. The van der Waals surface area contributed by atoms with Crippen molar-refractivity contribution in [3.63, 3.8) is 0 Å². The van der Waals surface area contributed by atoms with Crippen LogP contribution in [0.4, 0.5) is 0 Å². The molecule has 118 valence electrons. The maximum atomic E-state index is 11.7. The molecule has 0 aliphatic carbocycles. The van der Waals surface area contributed by atoms with Crippen molar-refractivity contribution < 1.29 is 53.0 Å². The van der Waals surface area contributed by atoms with Gasteiger partial charge in [0.2, 0.25) is 12.2 Å². The van der Waals surface area contributed by atoms with Gasteiger partial charge < -0.3 is 29.5 Å². The Labute approximate surface area is 117 Å². The van der Waals surface area contributed by atoms with Crippen LogP contribution in [0.2, 0.25) is 0 Å². The third kappa shape index (κ3) is 3.27. The van der Waals surface area contributed by atoms with Crippen LogP contribution in [0.15, 0.2) is 0 Å². The zero-order valence-electron chi connectivity index (χ0n) is 10.3. The van der Waals surface area contributed by atoms with E-state index < -0.39 is 63.0 Å². The lowest BCUT2D eigenvalue weighted by molar-refractivity contribution is -0.180. The molecule has 1 fully saturated rings. The minimum absolute atomic E-state index is 1.08. The van der Waals surface area contributed by atoms with Crippen molar-refractivity contribution in [2.45, 2.75) is 17.6 Å². The largest absolute Gasteiger partial charge is 0.445 e. The van der Waals surface area contributed by atoms with Gasteiger partial charge in [-0.1, -0.05) is 0 Å². The van der Waals surface area contributed by atoms with E-state index in [0.717, 1.165) is 0 Å². The lowest BCUT2D eigenvalue weighted by Crippen LogP contribution is -2.46. The van der Waals surface area contributed by atoms with Gasteiger partial charge in [0.15, 0.2) is 0 Å². The Bertz CT molecular complexity index is 502. The Hall–Kier alpha value is -1.81. The lowest BCUT2D eigenvalue weighted by Gasteiger charge is -2.22. The molecule has 0 saturated carbocycles. The average molecular weight is 326 g/mol. The smallest absolute Gasteiger partial charge is 0.375 e. The number of cyclic esters (lactones) is 3. The van der Waals surface area contributed by atoms with E-state index in [4.69, 9.17) is 15.3 Å². The zero-order valence-corrected chi connectivity index (χ0v) is 11.2. The molecule has 3 N–H and O–H groups in total. The Kier molecular flexibility index (Phi) is 5.55. The fourth-order valence-electron chi connectivity index (χ4n) is 1.30. The van der Waals surface area contributed by atoms with Gasteiger partial charge in [-0.05, 0) is 0 Å². The summed E-state index contributed by atoms with van der Waals surface area (Å²) in [6.07, 6.45) is -3.89. The molecule has 1 aliphatic heterocycles. The Balaban J connectivity index is 3.33. The number of rotatable bonds is 4. The van der Waals surface area contributed by atoms with Crippen LogP contribution in [0.5, 0.6) is 0 Å². The van der Waals surface area contributed by atoms with Gasteiger partial charge in [-0.25, -0.2) is 23.5 Å². The summed E-state index contributed by atoms with van der Waals surface area (Å²) in [6, 6.07) is 0. The summed E-state index contributed by atoms with van der Waals surface area (Å²) in [5.74, 6) is -4.74. The van der Waals surface area contributed by atoms with Crippen LogP contribution in [0.3, 0.4) is 0 Å². The number of carbonyl (C=O) groups excluding carboxylic acids is 3. The Morgan fingerprint density at radius 2 is 1.48 bits per heavy atom. The van der Waals surface area contributed by atoms with E-state index in [9.17, 15) is 23.5 Å². The minimum Gasteiger partial charge on any atom is -0.445 e. The maximum absolute atomic E-state index is 11.7. The summed E-state index contributed by atoms with van der Waals surface area (Å²) in [5, 5.41) is 23.8. The number of hydrogen-bond donors (Lipinski definition) is 3. The van der Waals surface area contributed by atoms with Crippen LogP contribution in [-0.4, -0.2) is 70.6 Å². The molecule has 0 spiro atoms. The van der Waals surface area contributed by atoms with Crippen molar-refractivity contribution in [3.05, 3.63) is 0 Å². The van der Waals surface area contributed by atoms with Gasteiger partial charge in [-0.15, -0.1) is 0 Å². The van der Waals surface area contributed by atoms with Crippen LogP contribution in [0.25, 0.3) is 0 Å². The fraction of sp³-hybridized carbons (Fsp3) is 0.667. The third-order valence-electron chi connectivity index (χ3n) is 2.46. The molecular weight excluding hydrogens is 315 g/mol. The standard InChI is InChI=1S/C9H11O11P/c10-1-4-6(13)18-5(2-11)7(14)20-9(3-12,21(16)17)8(15)19-4/h4-5,10-12H,1-3H2. The van der Waals surface area contributed by atoms with E-state index in [1.54, 1.807) is 0 Å². The average Bonchev–Trinajstić information content (AvgIpc) is 2.49. The van der Waals surface area contributed by atoms with Crippen molar-refractivity contribution in [1.29, 1.82) is 0 Å². The molecule has 21 heavy (non-hydrogen) atoms. The van der Waals surface area contributed by atoms with Gasteiger partial charge in [0.25, 0.3) is 0 Å². The molecule has 0 radical (unpaired) electrons. The number of carbonyl (C=O) groups is 3. The maximum Gasteiger partial charge on any atom is 0.375 e. The van der Waals surface area contributed by atoms with Gasteiger partial charge in [0.1, 0.15) is 6.61 Å². The first-order valence-corrected chi connectivity index (χ1v) is 6.61. The van der Waals surface area contributed by atoms with Crippen LogP contribution in [0, 0.1) is 0 Å². The predicted octanol–water partition coefficient (Wildman–Crippen LogP) is -2.79. The molecule has 3 unspecified atom stereocenters. The molecule has 0 amide bonds. The summed E-state index contributed by atoms with van der Waals surface area (Å²) in [6.45, 7) is -3.64. The highest BCUT2D eigenvalue weighted by Crippen LogP contribution is 2.33. The number of esters is 3.